The van der Waals surface area contributed by atoms with Crippen molar-refractivity contribution in [1.29, 1.82) is 0 Å². The van der Waals surface area contributed by atoms with Gasteiger partial charge in [0.05, 0.1) is 21.9 Å². The summed E-state index contributed by atoms with van der Waals surface area (Å²) in [5.41, 5.74) is 3.08. The van der Waals surface area contributed by atoms with Crippen molar-refractivity contribution in [2.75, 3.05) is 0 Å². The lowest BCUT2D eigenvalue weighted by molar-refractivity contribution is 0.881. The third kappa shape index (κ3) is 2.50. The number of halogens is 2. The number of hydrogen-bond donors (Lipinski definition) is 0. The summed E-state index contributed by atoms with van der Waals surface area (Å²) in [5.74, 6) is 0. The summed E-state index contributed by atoms with van der Waals surface area (Å²) in [7, 11) is 0. The summed E-state index contributed by atoms with van der Waals surface area (Å²) in [5, 5.41) is 5.42. The van der Waals surface area contributed by atoms with Crippen LogP contribution in [0.3, 0.4) is 0 Å². The quantitative estimate of drug-likeness (QED) is 0.659. The number of benzene rings is 2. The SMILES string of the molecule is Clc1ccc(-n2cc(-c3ccccc3)cn2)cc1Cl. The first kappa shape index (κ1) is 12.3. The Labute approximate surface area is 121 Å². The maximum Gasteiger partial charge on any atom is 0.0661 e. The van der Waals surface area contributed by atoms with Gasteiger partial charge in [0.1, 0.15) is 0 Å². The minimum Gasteiger partial charge on any atom is -0.240 e. The van der Waals surface area contributed by atoms with E-state index in [2.05, 4.69) is 17.2 Å². The molecule has 1 aromatic heterocycles. The van der Waals surface area contributed by atoms with E-state index in [0.717, 1.165) is 16.8 Å². The van der Waals surface area contributed by atoms with Crippen molar-refractivity contribution in [1.82, 2.24) is 9.78 Å². The van der Waals surface area contributed by atoms with Gasteiger partial charge in [0.15, 0.2) is 0 Å². The average Bonchev–Trinajstić information content (AvgIpc) is 2.93. The largest absolute Gasteiger partial charge is 0.240 e. The molecule has 0 atom stereocenters. The summed E-state index contributed by atoms with van der Waals surface area (Å²) >= 11 is 11.9. The third-order valence-corrected chi connectivity index (χ3v) is 3.60. The highest BCUT2D eigenvalue weighted by Crippen LogP contribution is 2.25. The minimum atomic E-state index is 0.524. The summed E-state index contributed by atoms with van der Waals surface area (Å²) in [6.07, 6.45) is 3.80. The van der Waals surface area contributed by atoms with Crippen LogP contribution in [0.25, 0.3) is 16.8 Å². The Balaban J connectivity index is 1.99. The highest BCUT2D eigenvalue weighted by atomic mass is 35.5. The van der Waals surface area contributed by atoms with Gasteiger partial charge in [-0.2, -0.15) is 5.10 Å². The zero-order valence-corrected chi connectivity index (χ0v) is 11.4. The van der Waals surface area contributed by atoms with Crippen LogP contribution >= 0.6 is 23.2 Å². The predicted octanol–water partition coefficient (Wildman–Crippen LogP) is 4.85. The average molecular weight is 289 g/mol. The molecule has 19 heavy (non-hydrogen) atoms. The van der Waals surface area contributed by atoms with E-state index < -0.39 is 0 Å². The summed E-state index contributed by atoms with van der Waals surface area (Å²) in [4.78, 5) is 0. The second-order valence-corrected chi connectivity index (χ2v) is 4.95. The standard InChI is InChI=1S/C15H10Cl2N2/c16-14-7-6-13(8-15(14)17)19-10-12(9-18-19)11-4-2-1-3-5-11/h1-10H. The lowest BCUT2D eigenvalue weighted by atomic mass is 10.1. The molecule has 3 aromatic rings. The van der Waals surface area contributed by atoms with E-state index in [-0.39, 0.29) is 0 Å². The van der Waals surface area contributed by atoms with Gasteiger partial charge < -0.3 is 0 Å². The Bertz CT molecular complexity index is 705. The second kappa shape index (κ2) is 5.08. The topological polar surface area (TPSA) is 17.8 Å². The molecule has 0 spiro atoms. The van der Waals surface area contributed by atoms with Crippen LogP contribution in [0.5, 0.6) is 0 Å². The molecule has 0 unspecified atom stereocenters. The van der Waals surface area contributed by atoms with Gasteiger partial charge in [0.25, 0.3) is 0 Å². The first-order valence-corrected chi connectivity index (χ1v) is 6.55. The molecule has 0 saturated heterocycles. The number of rotatable bonds is 2. The van der Waals surface area contributed by atoms with E-state index in [1.807, 2.05) is 36.7 Å². The minimum absolute atomic E-state index is 0.524. The molecule has 0 radical (unpaired) electrons. The fourth-order valence-corrected chi connectivity index (χ4v) is 2.16. The van der Waals surface area contributed by atoms with Crippen LogP contribution in [0.15, 0.2) is 60.9 Å². The van der Waals surface area contributed by atoms with Crippen LogP contribution in [-0.4, -0.2) is 9.78 Å². The smallest absolute Gasteiger partial charge is 0.0661 e. The van der Waals surface area contributed by atoms with Gasteiger partial charge >= 0.3 is 0 Å². The van der Waals surface area contributed by atoms with E-state index in [1.54, 1.807) is 16.8 Å². The first-order chi connectivity index (χ1) is 9.24. The van der Waals surface area contributed by atoms with Gasteiger partial charge in [-0.25, -0.2) is 4.68 Å². The van der Waals surface area contributed by atoms with Crippen LogP contribution in [0.2, 0.25) is 10.0 Å². The Kier molecular flexibility index (Phi) is 3.28. The number of hydrogen-bond acceptors (Lipinski definition) is 1. The van der Waals surface area contributed by atoms with Crippen LogP contribution in [0.1, 0.15) is 0 Å². The molecule has 0 aliphatic rings. The van der Waals surface area contributed by atoms with E-state index in [4.69, 9.17) is 23.2 Å². The van der Waals surface area contributed by atoms with Crippen molar-refractivity contribution < 1.29 is 0 Å². The highest BCUT2D eigenvalue weighted by molar-refractivity contribution is 6.42. The van der Waals surface area contributed by atoms with Crippen LogP contribution < -0.4 is 0 Å². The van der Waals surface area contributed by atoms with Gasteiger partial charge in [-0.15, -0.1) is 0 Å². The van der Waals surface area contributed by atoms with E-state index in [1.165, 1.54) is 0 Å². The van der Waals surface area contributed by atoms with E-state index >= 15 is 0 Å². The molecule has 4 heteroatoms. The Morgan fingerprint density at radius 1 is 0.842 bits per heavy atom. The van der Waals surface area contributed by atoms with Crippen LogP contribution in [-0.2, 0) is 0 Å². The summed E-state index contributed by atoms with van der Waals surface area (Å²) in [6, 6.07) is 15.6. The molecule has 0 fully saturated rings. The zero-order chi connectivity index (χ0) is 13.2. The fourth-order valence-electron chi connectivity index (χ4n) is 1.87. The van der Waals surface area contributed by atoms with Gasteiger partial charge in [0, 0.05) is 11.8 Å². The van der Waals surface area contributed by atoms with Gasteiger partial charge in [0.2, 0.25) is 0 Å². The van der Waals surface area contributed by atoms with Crippen molar-refractivity contribution in [2.45, 2.75) is 0 Å². The highest BCUT2D eigenvalue weighted by Gasteiger charge is 2.05. The molecule has 0 aliphatic carbocycles. The van der Waals surface area contributed by atoms with Gasteiger partial charge in [-0.05, 0) is 23.8 Å². The molecule has 2 nitrogen and oxygen atoms in total. The molecular weight excluding hydrogens is 279 g/mol. The number of nitrogens with zero attached hydrogens (tertiary/aromatic N) is 2. The van der Waals surface area contributed by atoms with Crippen molar-refractivity contribution >= 4 is 23.2 Å². The molecule has 94 valence electrons. The Morgan fingerprint density at radius 2 is 1.63 bits per heavy atom. The molecule has 0 amide bonds. The molecule has 1 heterocycles. The zero-order valence-electron chi connectivity index (χ0n) is 9.92. The third-order valence-electron chi connectivity index (χ3n) is 2.86. The van der Waals surface area contributed by atoms with Gasteiger partial charge in [-0.3, -0.25) is 0 Å². The number of aromatic nitrogens is 2. The Hall–Kier alpha value is -1.77. The normalized spacial score (nSPS) is 10.6. The van der Waals surface area contributed by atoms with Crippen molar-refractivity contribution in [3.05, 3.63) is 71.0 Å². The second-order valence-electron chi connectivity index (χ2n) is 4.14. The monoisotopic (exact) mass is 288 g/mol. The summed E-state index contributed by atoms with van der Waals surface area (Å²) in [6.45, 7) is 0. The summed E-state index contributed by atoms with van der Waals surface area (Å²) < 4.78 is 1.78. The van der Waals surface area contributed by atoms with E-state index in [0.29, 0.717) is 10.0 Å². The maximum absolute atomic E-state index is 6.01. The molecule has 2 aromatic carbocycles. The first-order valence-electron chi connectivity index (χ1n) is 5.79. The predicted molar refractivity (Wildman–Crippen MR) is 79.0 cm³/mol. The van der Waals surface area contributed by atoms with Crippen LogP contribution in [0, 0.1) is 0 Å². The van der Waals surface area contributed by atoms with Crippen molar-refractivity contribution in [3.8, 4) is 16.8 Å². The maximum atomic E-state index is 6.01. The lowest BCUT2D eigenvalue weighted by Gasteiger charge is -2.02. The molecule has 0 aliphatic heterocycles. The molecule has 3 rings (SSSR count). The van der Waals surface area contributed by atoms with Crippen molar-refractivity contribution in [2.24, 2.45) is 0 Å². The molecule has 0 saturated carbocycles. The lowest BCUT2D eigenvalue weighted by Crippen LogP contribution is -1.93. The fraction of sp³-hybridized carbons (Fsp3) is 0. The van der Waals surface area contributed by atoms with Crippen molar-refractivity contribution in [3.63, 3.8) is 0 Å². The Morgan fingerprint density at radius 3 is 2.37 bits per heavy atom. The van der Waals surface area contributed by atoms with E-state index in [9.17, 15) is 0 Å². The van der Waals surface area contributed by atoms with Gasteiger partial charge in [-0.1, -0.05) is 53.5 Å². The van der Waals surface area contributed by atoms with Crippen LogP contribution in [0.4, 0.5) is 0 Å². The molecular formula is C15H10Cl2N2. The molecule has 0 N–H and O–H groups in total. The molecule has 0 bridgehead atoms.